The van der Waals surface area contributed by atoms with Gasteiger partial charge in [-0.2, -0.15) is 0 Å². The molecule has 1 aromatic rings. The lowest BCUT2D eigenvalue weighted by Gasteiger charge is -2.22. The van der Waals surface area contributed by atoms with Crippen LogP contribution in [0.25, 0.3) is 0 Å². The van der Waals surface area contributed by atoms with Crippen molar-refractivity contribution < 1.29 is 8.42 Å². The van der Waals surface area contributed by atoms with E-state index in [2.05, 4.69) is 10.0 Å². The Kier molecular flexibility index (Phi) is 4.28. The molecule has 0 amide bonds. The largest absolute Gasteiger partial charge is 0.312 e. The molecule has 2 rings (SSSR count). The summed E-state index contributed by atoms with van der Waals surface area (Å²) in [7, 11) is -3.42. The smallest absolute Gasteiger partial charge is 0.241 e. The van der Waals surface area contributed by atoms with E-state index in [1.54, 1.807) is 6.07 Å². The summed E-state index contributed by atoms with van der Waals surface area (Å²) in [5.74, 6) is 0.274. The maximum Gasteiger partial charge on any atom is 0.241 e. The second-order valence-corrected chi connectivity index (χ2v) is 7.16. The van der Waals surface area contributed by atoms with E-state index in [1.165, 1.54) is 0 Å². The van der Waals surface area contributed by atoms with Crippen molar-refractivity contribution in [1.29, 1.82) is 0 Å². The van der Waals surface area contributed by atoms with Crippen molar-refractivity contribution in [3.63, 3.8) is 0 Å². The molecule has 1 aliphatic rings. The van der Waals surface area contributed by atoms with E-state index in [9.17, 15) is 8.42 Å². The van der Waals surface area contributed by atoms with Crippen LogP contribution in [0.1, 0.15) is 31.9 Å². The lowest BCUT2D eigenvalue weighted by molar-refractivity contribution is 0.476. The van der Waals surface area contributed by atoms with Gasteiger partial charge >= 0.3 is 0 Å². The van der Waals surface area contributed by atoms with Gasteiger partial charge in [0.1, 0.15) is 0 Å². The molecular weight excluding hydrogens is 260 g/mol. The molecule has 0 saturated heterocycles. The van der Waals surface area contributed by atoms with Gasteiger partial charge in [-0.25, -0.2) is 13.1 Å². The van der Waals surface area contributed by atoms with Crippen molar-refractivity contribution in [3.8, 4) is 0 Å². The lowest BCUT2D eigenvalue weighted by Crippen LogP contribution is -2.37. The second kappa shape index (κ2) is 5.61. The van der Waals surface area contributed by atoms with Crippen LogP contribution in [0, 0.1) is 5.92 Å². The Morgan fingerprint density at radius 3 is 2.68 bits per heavy atom. The topological polar surface area (TPSA) is 58.2 Å². The molecule has 0 radical (unpaired) electrons. The van der Waals surface area contributed by atoms with E-state index in [1.807, 2.05) is 32.9 Å². The van der Waals surface area contributed by atoms with Crippen LogP contribution < -0.4 is 10.0 Å². The molecule has 2 N–H and O–H groups in total. The number of nitrogens with one attached hydrogen (secondary N) is 2. The Hall–Kier alpha value is -0.910. The first-order valence-corrected chi connectivity index (χ1v) is 8.24. The van der Waals surface area contributed by atoms with Crippen molar-refractivity contribution in [3.05, 3.63) is 29.3 Å². The van der Waals surface area contributed by atoms with E-state index in [4.69, 9.17) is 0 Å². The second-order valence-electron chi connectivity index (χ2n) is 5.47. The van der Waals surface area contributed by atoms with Crippen molar-refractivity contribution in [2.24, 2.45) is 5.92 Å². The molecule has 4 nitrogen and oxygen atoms in total. The van der Waals surface area contributed by atoms with Gasteiger partial charge in [-0.3, -0.25) is 0 Å². The molecule has 19 heavy (non-hydrogen) atoms. The molecule has 0 aromatic heterocycles. The zero-order valence-electron chi connectivity index (χ0n) is 11.7. The highest BCUT2D eigenvalue weighted by Gasteiger charge is 2.24. The summed E-state index contributed by atoms with van der Waals surface area (Å²) < 4.78 is 27.7. The predicted molar refractivity (Wildman–Crippen MR) is 76.5 cm³/mol. The Bertz CT molecular complexity index is 553. The van der Waals surface area contributed by atoms with Gasteiger partial charge in [0, 0.05) is 12.6 Å². The van der Waals surface area contributed by atoms with Gasteiger partial charge in [-0.15, -0.1) is 0 Å². The van der Waals surface area contributed by atoms with Crippen LogP contribution in [0.3, 0.4) is 0 Å². The van der Waals surface area contributed by atoms with Crippen LogP contribution in [0.4, 0.5) is 0 Å². The van der Waals surface area contributed by atoms with Gasteiger partial charge in [0.05, 0.1) is 4.90 Å². The zero-order valence-corrected chi connectivity index (χ0v) is 12.5. The fourth-order valence-corrected chi connectivity index (χ4v) is 3.90. The summed E-state index contributed by atoms with van der Waals surface area (Å²) in [6, 6.07) is 5.45. The number of benzene rings is 1. The van der Waals surface area contributed by atoms with E-state index in [0.29, 0.717) is 4.90 Å². The van der Waals surface area contributed by atoms with Crippen molar-refractivity contribution in [1.82, 2.24) is 10.0 Å². The third kappa shape index (κ3) is 3.16. The first-order chi connectivity index (χ1) is 8.92. The minimum absolute atomic E-state index is 0.0671. The van der Waals surface area contributed by atoms with E-state index in [0.717, 1.165) is 30.6 Å². The molecule has 1 unspecified atom stereocenters. The average molecular weight is 282 g/mol. The maximum absolute atomic E-state index is 12.5. The van der Waals surface area contributed by atoms with Crippen molar-refractivity contribution >= 4 is 10.0 Å². The van der Waals surface area contributed by atoms with Gasteiger partial charge in [-0.05, 0) is 43.0 Å². The summed E-state index contributed by atoms with van der Waals surface area (Å²) >= 11 is 0. The molecule has 5 heteroatoms. The first-order valence-electron chi connectivity index (χ1n) is 6.75. The van der Waals surface area contributed by atoms with Crippen LogP contribution in [-0.2, 0) is 23.0 Å². The number of sulfonamides is 1. The van der Waals surface area contributed by atoms with Crippen LogP contribution in [0.2, 0.25) is 0 Å². The monoisotopic (exact) mass is 282 g/mol. The van der Waals surface area contributed by atoms with E-state index in [-0.39, 0.29) is 12.0 Å². The first kappa shape index (κ1) is 14.5. The van der Waals surface area contributed by atoms with Crippen LogP contribution in [-0.4, -0.2) is 21.0 Å². The third-order valence-electron chi connectivity index (χ3n) is 3.73. The summed E-state index contributed by atoms with van der Waals surface area (Å²) in [6.07, 6.45) is 0.766. The van der Waals surface area contributed by atoms with Gasteiger partial charge in [0.25, 0.3) is 0 Å². The molecule has 0 fully saturated rings. The predicted octanol–water partition coefficient (Wildman–Crippen LogP) is 1.66. The Morgan fingerprint density at radius 2 is 2.00 bits per heavy atom. The minimum Gasteiger partial charge on any atom is -0.312 e. The summed E-state index contributed by atoms with van der Waals surface area (Å²) in [6.45, 7) is 7.51. The lowest BCUT2D eigenvalue weighted by atomic mass is 10.0. The Morgan fingerprint density at radius 1 is 1.26 bits per heavy atom. The molecule has 1 aromatic carbocycles. The van der Waals surface area contributed by atoms with E-state index < -0.39 is 10.0 Å². The van der Waals surface area contributed by atoms with E-state index >= 15 is 0 Å². The fourth-order valence-electron chi connectivity index (χ4n) is 2.19. The molecule has 1 atom stereocenters. The SMILES string of the molecule is CC(C)C(C)NS(=O)(=O)c1cccc2c1CCNC2. The minimum atomic E-state index is -3.42. The molecule has 1 aliphatic heterocycles. The zero-order chi connectivity index (χ0) is 14.0. The number of fused-ring (bicyclic) bond motifs is 1. The van der Waals surface area contributed by atoms with Crippen LogP contribution >= 0.6 is 0 Å². The normalized spacial score (nSPS) is 17.3. The molecule has 0 bridgehead atoms. The standard InChI is InChI=1S/C14H22N2O2S/c1-10(2)11(3)16-19(17,18)14-6-4-5-12-9-15-8-7-13(12)14/h4-6,10-11,15-16H,7-9H2,1-3H3. The number of rotatable bonds is 4. The maximum atomic E-state index is 12.5. The number of hydrogen-bond acceptors (Lipinski definition) is 3. The summed E-state index contributed by atoms with van der Waals surface area (Å²) in [5, 5.41) is 3.26. The summed E-state index contributed by atoms with van der Waals surface area (Å²) in [4.78, 5) is 0.444. The number of hydrogen-bond donors (Lipinski definition) is 2. The molecule has 0 spiro atoms. The molecular formula is C14H22N2O2S. The Labute approximate surface area is 115 Å². The van der Waals surface area contributed by atoms with Gasteiger partial charge < -0.3 is 5.32 Å². The fraction of sp³-hybridized carbons (Fsp3) is 0.571. The van der Waals surface area contributed by atoms with Gasteiger partial charge in [-0.1, -0.05) is 26.0 Å². The molecule has 1 heterocycles. The molecule has 0 aliphatic carbocycles. The van der Waals surface area contributed by atoms with Crippen LogP contribution in [0.15, 0.2) is 23.1 Å². The van der Waals surface area contributed by atoms with Gasteiger partial charge in [0.2, 0.25) is 10.0 Å². The highest BCUT2D eigenvalue weighted by Crippen LogP contribution is 2.23. The Balaban J connectivity index is 2.36. The van der Waals surface area contributed by atoms with Crippen molar-refractivity contribution in [2.75, 3.05) is 6.54 Å². The average Bonchev–Trinajstić information content (AvgIpc) is 2.37. The quantitative estimate of drug-likeness (QED) is 0.883. The molecule has 0 saturated carbocycles. The highest BCUT2D eigenvalue weighted by atomic mass is 32.2. The highest BCUT2D eigenvalue weighted by molar-refractivity contribution is 7.89. The van der Waals surface area contributed by atoms with Crippen LogP contribution in [0.5, 0.6) is 0 Å². The molecule has 106 valence electrons. The third-order valence-corrected chi connectivity index (χ3v) is 5.37. The van der Waals surface area contributed by atoms with Gasteiger partial charge in [0.15, 0.2) is 0 Å². The van der Waals surface area contributed by atoms with Crippen molar-refractivity contribution in [2.45, 2.75) is 44.7 Å². The summed E-state index contributed by atoms with van der Waals surface area (Å²) in [5.41, 5.74) is 2.05.